The van der Waals surface area contributed by atoms with Gasteiger partial charge in [-0.1, -0.05) is 0 Å². The lowest BCUT2D eigenvalue weighted by molar-refractivity contribution is -0.555. The normalized spacial score (nSPS) is 35.4. The topological polar surface area (TPSA) is 244 Å². The quantitative estimate of drug-likeness (QED) is 0.0850. The zero-order valence-electron chi connectivity index (χ0n) is 16.1. The Hall–Kier alpha value is -3.01. The molecule has 30 heavy (non-hydrogen) atoms. The molecule has 0 saturated carbocycles. The summed E-state index contributed by atoms with van der Waals surface area (Å²) in [6.45, 7) is 1.31. The lowest BCUT2D eigenvalue weighted by Gasteiger charge is -2.57. The van der Waals surface area contributed by atoms with Crippen LogP contribution in [0.1, 0.15) is 27.7 Å². The summed E-state index contributed by atoms with van der Waals surface area (Å²) in [7, 11) is 0. The number of carbonyl (C=O) groups excluding carboxylic acids is 4. The zero-order valence-corrected chi connectivity index (χ0v) is 16.1. The van der Waals surface area contributed by atoms with Gasteiger partial charge < -0.3 is 44.1 Å². The standard InChI is InChI=1S/C14H19N3O13/c1-6(19)26-11(23)10(5-18)30-14(16-17-15,29-9(4)22)13(25,28-8(3)21)12(11,24)27-7(2)20/h10,18,23-25H,5H2,1-4H3/t10-,11+,12-,13+,14+/m1/s1. The highest BCUT2D eigenvalue weighted by molar-refractivity contribution is 5.70. The second-order valence-electron chi connectivity index (χ2n) is 5.92. The van der Waals surface area contributed by atoms with Gasteiger partial charge in [0.2, 0.25) is 0 Å². The van der Waals surface area contributed by atoms with E-state index in [0.717, 1.165) is 0 Å². The van der Waals surface area contributed by atoms with Crippen molar-refractivity contribution in [1.82, 2.24) is 0 Å². The van der Waals surface area contributed by atoms with E-state index in [2.05, 4.69) is 29.0 Å². The first-order valence-corrected chi connectivity index (χ1v) is 7.95. The van der Waals surface area contributed by atoms with Crippen LogP contribution in [0.3, 0.4) is 0 Å². The Bertz CT molecular complexity index is 798. The number of ether oxygens (including phenoxy) is 5. The molecule has 0 aromatic heterocycles. The molecule has 0 spiro atoms. The molecule has 1 saturated heterocycles. The molecule has 1 rings (SSSR count). The van der Waals surface area contributed by atoms with Crippen molar-refractivity contribution in [2.75, 3.05) is 6.61 Å². The first-order valence-electron chi connectivity index (χ1n) is 7.95. The predicted molar refractivity (Wildman–Crippen MR) is 85.7 cm³/mol. The Kier molecular flexibility index (Phi) is 7.00. The lowest BCUT2D eigenvalue weighted by atomic mass is 9.85. The maximum absolute atomic E-state index is 11.7. The lowest BCUT2D eigenvalue weighted by Crippen LogP contribution is -2.87. The summed E-state index contributed by atoms with van der Waals surface area (Å²) in [5.74, 6) is -21.2. The third-order valence-corrected chi connectivity index (χ3v) is 3.62. The van der Waals surface area contributed by atoms with Crippen LogP contribution in [0, 0.1) is 0 Å². The van der Waals surface area contributed by atoms with E-state index in [9.17, 15) is 39.6 Å². The molecule has 0 aliphatic carbocycles. The molecule has 16 heteroatoms. The fraction of sp³-hybridized carbons (Fsp3) is 0.714. The Morgan fingerprint density at radius 2 is 1.33 bits per heavy atom. The first-order chi connectivity index (χ1) is 13.6. The van der Waals surface area contributed by atoms with Crippen LogP contribution >= 0.6 is 0 Å². The van der Waals surface area contributed by atoms with Gasteiger partial charge in [-0.25, -0.2) is 0 Å². The number of nitrogens with zero attached hydrogens (tertiary/aromatic N) is 3. The van der Waals surface area contributed by atoms with E-state index >= 15 is 0 Å². The third kappa shape index (κ3) is 3.87. The molecule has 0 amide bonds. The second-order valence-corrected chi connectivity index (χ2v) is 5.92. The van der Waals surface area contributed by atoms with E-state index in [1.54, 1.807) is 0 Å². The Morgan fingerprint density at radius 3 is 1.70 bits per heavy atom. The number of rotatable bonds is 6. The summed E-state index contributed by atoms with van der Waals surface area (Å²) in [6.07, 6.45) is -2.41. The van der Waals surface area contributed by atoms with E-state index in [0.29, 0.717) is 27.7 Å². The van der Waals surface area contributed by atoms with Crippen LogP contribution in [0.15, 0.2) is 5.11 Å². The molecular formula is C14H19N3O13. The van der Waals surface area contributed by atoms with E-state index in [1.165, 1.54) is 0 Å². The number of aliphatic hydroxyl groups is 4. The van der Waals surface area contributed by atoms with Gasteiger partial charge in [0.25, 0.3) is 0 Å². The molecule has 0 bridgehead atoms. The first kappa shape index (κ1) is 25.0. The summed E-state index contributed by atoms with van der Waals surface area (Å²) in [5, 5.41) is 45.5. The largest absolute Gasteiger partial charge is 0.423 e. The van der Waals surface area contributed by atoms with Crippen LogP contribution in [-0.2, 0) is 42.9 Å². The average molecular weight is 437 g/mol. The summed E-state index contributed by atoms with van der Waals surface area (Å²) in [6, 6.07) is 0. The highest BCUT2D eigenvalue weighted by atomic mass is 16.9. The number of aliphatic hydroxyl groups excluding tert-OH is 1. The van der Waals surface area contributed by atoms with Crippen LogP contribution in [0.5, 0.6) is 0 Å². The van der Waals surface area contributed by atoms with Gasteiger partial charge in [0.1, 0.15) is 0 Å². The van der Waals surface area contributed by atoms with Gasteiger partial charge >= 0.3 is 47.1 Å². The number of hydrogen-bond donors (Lipinski definition) is 4. The number of carbonyl (C=O) groups is 4. The minimum absolute atomic E-state index is 0.643. The third-order valence-electron chi connectivity index (χ3n) is 3.62. The van der Waals surface area contributed by atoms with E-state index in [-0.39, 0.29) is 0 Å². The smallest absolute Gasteiger partial charge is 0.368 e. The summed E-state index contributed by atoms with van der Waals surface area (Å²) in [4.78, 5) is 48.7. The monoisotopic (exact) mass is 437 g/mol. The van der Waals surface area contributed by atoms with Gasteiger partial charge in [0, 0.05) is 32.6 Å². The zero-order chi connectivity index (χ0) is 23.5. The van der Waals surface area contributed by atoms with Crippen molar-refractivity contribution >= 4 is 23.9 Å². The van der Waals surface area contributed by atoms with Gasteiger partial charge in [0.15, 0.2) is 6.10 Å². The Labute approximate surface area is 167 Å². The van der Waals surface area contributed by atoms with Crippen LogP contribution in [0.2, 0.25) is 0 Å². The number of hydrogen-bond acceptors (Lipinski definition) is 14. The Balaban J connectivity index is 4.09. The maximum Gasteiger partial charge on any atom is 0.368 e. The van der Waals surface area contributed by atoms with E-state index in [4.69, 9.17) is 10.3 Å². The molecule has 0 radical (unpaired) electrons. The van der Waals surface area contributed by atoms with Crippen molar-refractivity contribution in [2.24, 2.45) is 5.11 Å². The summed E-state index contributed by atoms with van der Waals surface area (Å²) >= 11 is 0. The Morgan fingerprint density at radius 1 is 0.900 bits per heavy atom. The minimum atomic E-state index is -4.08. The minimum Gasteiger partial charge on any atom is -0.423 e. The molecular weight excluding hydrogens is 418 g/mol. The molecule has 4 N–H and O–H groups in total. The van der Waals surface area contributed by atoms with Gasteiger partial charge in [0.05, 0.1) is 6.61 Å². The van der Waals surface area contributed by atoms with Gasteiger partial charge in [-0.15, -0.1) is 0 Å². The second kappa shape index (κ2) is 8.39. The molecule has 16 nitrogen and oxygen atoms in total. The van der Waals surface area contributed by atoms with Gasteiger partial charge in [-0.05, 0) is 10.6 Å². The fourth-order valence-electron chi connectivity index (χ4n) is 2.69. The van der Waals surface area contributed by atoms with Crippen LogP contribution < -0.4 is 0 Å². The van der Waals surface area contributed by atoms with Crippen LogP contribution in [-0.4, -0.2) is 80.3 Å². The summed E-state index contributed by atoms with van der Waals surface area (Å²) in [5.41, 5.74) is 8.89. The van der Waals surface area contributed by atoms with Crippen molar-refractivity contribution in [1.29, 1.82) is 0 Å². The molecule has 1 aliphatic heterocycles. The molecule has 0 aromatic carbocycles. The SMILES string of the molecule is CC(=O)O[C@]1(N=[N+]=[N-])O[C@H](CO)[C@](O)(OC(C)=O)[C@@](O)(OC(C)=O)[C@]1(O)OC(C)=O. The fourth-order valence-corrected chi connectivity index (χ4v) is 2.69. The van der Waals surface area contributed by atoms with Crippen LogP contribution in [0.25, 0.3) is 10.4 Å². The van der Waals surface area contributed by atoms with Crippen molar-refractivity contribution in [3.63, 3.8) is 0 Å². The van der Waals surface area contributed by atoms with Crippen molar-refractivity contribution < 1.29 is 63.3 Å². The van der Waals surface area contributed by atoms with Crippen molar-refractivity contribution in [2.45, 2.75) is 57.1 Å². The number of esters is 4. The molecule has 1 fully saturated rings. The maximum atomic E-state index is 11.7. The van der Waals surface area contributed by atoms with Crippen LogP contribution in [0.4, 0.5) is 0 Å². The molecule has 0 aromatic rings. The summed E-state index contributed by atoms with van der Waals surface area (Å²) < 4.78 is 23.2. The molecule has 1 aliphatic rings. The van der Waals surface area contributed by atoms with E-state index < -0.39 is 59.9 Å². The van der Waals surface area contributed by atoms with Gasteiger partial charge in [-0.2, -0.15) is 0 Å². The average Bonchev–Trinajstić information content (AvgIpc) is 2.55. The van der Waals surface area contributed by atoms with E-state index in [1.807, 2.05) is 0 Å². The molecule has 168 valence electrons. The van der Waals surface area contributed by atoms with Gasteiger partial charge in [-0.3, -0.25) is 19.2 Å². The van der Waals surface area contributed by atoms with Crippen molar-refractivity contribution in [3.8, 4) is 0 Å². The highest BCUT2D eigenvalue weighted by Crippen LogP contribution is 2.53. The van der Waals surface area contributed by atoms with Crippen molar-refractivity contribution in [3.05, 3.63) is 10.4 Å². The molecule has 1 heterocycles. The highest BCUT2D eigenvalue weighted by Gasteiger charge is 2.86. The number of azide groups is 1. The molecule has 0 unspecified atom stereocenters. The predicted octanol–water partition coefficient (Wildman–Crippen LogP) is -2.34. The molecule has 5 atom stereocenters.